The molecule has 2 aliphatic rings. The van der Waals surface area contributed by atoms with Gasteiger partial charge in [0.15, 0.2) is 0 Å². The summed E-state index contributed by atoms with van der Waals surface area (Å²) in [5.41, 5.74) is 1.13. The summed E-state index contributed by atoms with van der Waals surface area (Å²) in [5, 5.41) is 18.5. The summed E-state index contributed by atoms with van der Waals surface area (Å²) in [6.45, 7) is 2.03. The largest absolute Gasteiger partial charge is 0.391 e. The quantitative estimate of drug-likeness (QED) is 0.787. The lowest BCUT2D eigenvalue weighted by Crippen LogP contribution is -2.56. The number of H-pyrrole nitrogens is 1. The monoisotopic (exact) mass is 329 g/mol. The van der Waals surface area contributed by atoms with Crippen LogP contribution in [0.2, 0.25) is 0 Å². The molecule has 0 bridgehead atoms. The van der Waals surface area contributed by atoms with Crippen molar-refractivity contribution in [1.82, 2.24) is 25.1 Å². The fourth-order valence-corrected chi connectivity index (χ4v) is 4.32. The van der Waals surface area contributed by atoms with Crippen LogP contribution in [0.25, 0.3) is 0 Å². The highest BCUT2D eigenvalue weighted by Gasteiger charge is 2.44. The van der Waals surface area contributed by atoms with Crippen LogP contribution in [0.5, 0.6) is 0 Å². The minimum Gasteiger partial charge on any atom is -0.391 e. The number of aliphatic hydroxyl groups excluding tert-OH is 1. The van der Waals surface area contributed by atoms with Gasteiger partial charge in [0.25, 0.3) is 0 Å². The zero-order valence-electron chi connectivity index (χ0n) is 14.2. The number of hydrogen-bond donors (Lipinski definition) is 3. The molecule has 2 aliphatic carbocycles. The lowest BCUT2D eigenvalue weighted by molar-refractivity contribution is -0.0161. The highest BCUT2D eigenvalue weighted by atomic mass is 16.3. The summed E-state index contributed by atoms with van der Waals surface area (Å²) < 4.78 is 1.92. The molecule has 2 heterocycles. The molecule has 0 aliphatic heterocycles. The number of rotatable bonds is 5. The highest BCUT2D eigenvalue weighted by Crippen LogP contribution is 2.38. The molecule has 24 heavy (non-hydrogen) atoms. The summed E-state index contributed by atoms with van der Waals surface area (Å²) >= 11 is 0. The Hall–Kier alpha value is -1.66. The molecule has 4 rings (SSSR count). The van der Waals surface area contributed by atoms with Crippen molar-refractivity contribution in [3.63, 3.8) is 0 Å². The molecule has 3 N–H and O–H groups in total. The first-order valence-corrected chi connectivity index (χ1v) is 9.16. The van der Waals surface area contributed by atoms with Gasteiger partial charge in [-0.05, 0) is 37.7 Å². The van der Waals surface area contributed by atoms with E-state index in [1.165, 1.54) is 32.1 Å². The fraction of sp³-hybridized carbons (Fsp3) is 0.667. The Kier molecular flexibility index (Phi) is 4.41. The first-order valence-electron chi connectivity index (χ1n) is 9.16. The zero-order valence-corrected chi connectivity index (χ0v) is 14.2. The van der Waals surface area contributed by atoms with Crippen molar-refractivity contribution in [2.45, 2.75) is 69.7 Å². The van der Waals surface area contributed by atoms with Crippen molar-refractivity contribution in [2.75, 3.05) is 0 Å². The van der Waals surface area contributed by atoms with Crippen LogP contribution >= 0.6 is 0 Å². The van der Waals surface area contributed by atoms with Crippen LogP contribution in [0.4, 0.5) is 0 Å². The number of imidazole rings is 1. The van der Waals surface area contributed by atoms with Gasteiger partial charge in [-0.1, -0.05) is 19.3 Å². The molecule has 0 amide bonds. The molecule has 1 unspecified atom stereocenters. The van der Waals surface area contributed by atoms with E-state index in [0.717, 1.165) is 17.8 Å². The molecule has 2 aromatic rings. The van der Waals surface area contributed by atoms with E-state index in [-0.39, 0.29) is 24.2 Å². The molecule has 130 valence electrons. The Morgan fingerprint density at radius 1 is 1.33 bits per heavy atom. The van der Waals surface area contributed by atoms with Crippen LogP contribution in [0.15, 0.2) is 24.8 Å². The Bertz CT molecular complexity index is 646. The SMILES string of the molecule is Cc1cnn([C@H]2[C@H](O)C[C@@H]2NC(c2ncc[nH]2)C2CCCCC2)c1. The predicted molar refractivity (Wildman–Crippen MR) is 91.5 cm³/mol. The second-order valence-electron chi connectivity index (χ2n) is 7.41. The van der Waals surface area contributed by atoms with Gasteiger partial charge in [-0.3, -0.25) is 4.68 Å². The molecule has 6 nitrogen and oxygen atoms in total. The molecular weight excluding hydrogens is 302 g/mol. The van der Waals surface area contributed by atoms with Gasteiger partial charge in [0, 0.05) is 24.6 Å². The summed E-state index contributed by atoms with van der Waals surface area (Å²) in [6.07, 6.45) is 14.5. The first-order chi connectivity index (χ1) is 11.7. The average Bonchev–Trinajstić information content (AvgIpc) is 3.24. The number of hydrogen-bond acceptors (Lipinski definition) is 4. The molecule has 4 atom stereocenters. The van der Waals surface area contributed by atoms with E-state index in [4.69, 9.17) is 0 Å². The van der Waals surface area contributed by atoms with E-state index < -0.39 is 0 Å². The predicted octanol–water partition coefficient (Wildman–Crippen LogP) is 2.50. The van der Waals surface area contributed by atoms with Gasteiger partial charge in [-0.15, -0.1) is 0 Å². The van der Waals surface area contributed by atoms with E-state index in [9.17, 15) is 5.11 Å². The number of aromatic amines is 1. The number of aliphatic hydroxyl groups is 1. The van der Waals surface area contributed by atoms with Crippen molar-refractivity contribution in [2.24, 2.45) is 5.92 Å². The topological polar surface area (TPSA) is 78.8 Å². The normalized spacial score (nSPS) is 29.3. The standard InChI is InChI=1S/C18H27N5O/c1-12-10-21-23(11-12)17-14(9-15(17)24)22-16(18-19-7-8-20-18)13-5-3-2-4-6-13/h7-8,10-11,13-17,22,24H,2-6,9H2,1H3,(H,19,20)/t14-,15+,16?,17+/m0/s1. The van der Waals surface area contributed by atoms with Crippen molar-refractivity contribution in [1.29, 1.82) is 0 Å². The van der Waals surface area contributed by atoms with E-state index in [1.54, 1.807) is 0 Å². The summed E-state index contributed by atoms with van der Waals surface area (Å²) in [6, 6.07) is 0.480. The summed E-state index contributed by atoms with van der Waals surface area (Å²) in [5.74, 6) is 1.64. The van der Waals surface area contributed by atoms with Gasteiger partial charge in [0.1, 0.15) is 5.82 Å². The van der Waals surface area contributed by atoms with E-state index >= 15 is 0 Å². The van der Waals surface area contributed by atoms with Crippen LogP contribution in [-0.2, 0) is 0 Å². The van der Waals surface area contributed by atoms with Crippen LogP contribution in [-0.4, -0.2) is 37.0 Å². The lowest BCUT2D eigenvalue weighted by Gasteiger charge is -2.45. The van der Waals surface area contributed by atoms with Gasteiger partial charge in [0.05, 0.1) is 24.4 Å². The van der Waals surface area contributed by atoms with E-state index in [2.05, 4.69) is 20.4 Å². The minimum absolute atomic E-state index is 0.0137. The van der Waals surface area contributed by atoms with Gasteiger partial charge in [-0.2, -0.15) is 5.10 Å². The Labute approximate surface area is 142 Å². The fourth-order valence-electron chi connectivity index (χ4n) is 4.32. The van der Waals surface area contributed by atoms with Gasteiger partial charge < -0.3 is 15.4 Å². The van der Waals surface area contributed by atoms with Gasteiger partial charge in [-0.25, -0.2) is 4.98 Å². The van der Waals surface area contributed by atoms with Crippen LogP contribution in [0.1, 0.15) is 62.0 Å². The Morgan fingerprint density at radius 2 is 2.17 bits per heavy atom. The maximum absolute atomic E-state index is 10.3. The summed E-state index contributed by atoms with van der Waals surface area (Å²) in [4.78, 5) is 7.82. The molecule has 2 aromatic heterocycles. The van der Waals surface area contributed by atoms with Gasteiger partial charge >= 0.3 is 0 Å². The second kappa shape index (κ2) is 6.69. The number of nitrogens with zero attached hydrogens (tertiary/aromatic N) is 3. The molecule has 6 heteroatoms. The van der Waals surface area contributed by atoms with Crippen molar-refractivity contribution in [3.8, 4) is 0 Å². The van der Waals surface area contributed by atoms with Crippen molar-refractivity contribution < 1.29 is 5.11 Å². The Morgan fingerprint density at radius 3 is 2.79 bits per heavy atom. The highest BCUT2D eigenvalue weighted by molar-refractivity contribution is 5.08. The van der Waals surface area contributed by atoms with E-state index in [1.807, 2.05) is 36.4 Å². The summed E-state index contributed by atoms with van der Waals surface area (Å²) in [7, 11) is 0. The van der Waals surface area contributed by atoms with Crippen LogP contribution in [0.3, 0.4) is 0 Å². The second-order valence-corrected chi connectivity index (χ2v) is 7.41. The van der Waals surface area contributed by atoms with Crippen LogP contribution in [0, 0.1) is 12.8 Å². The number of nitrogens with one attached hydrogen (secondary N) is 2. The Balaban J connectivity index is 1.51. The average molecular weight is 329 g/mol. The molecular formula is C18H27N5O. The first kappa shape index (κ1) is 15.8. The third kappa shape index (κ3) is 3.00. The van der Waals surface area contributed by atoms with Crippen molar-refractivity contribution in [3.05, 3.63) is 36.2 Å². The zero-order chi connectivity index (χ0) is 16.5. The molecule has 0 spiro atoms. The molecule has 0 saturated heterocycles. The van der Waals surface area contributed by atoms with E-state index in [0.29, 0.717) is 5.92 Å². The number of aromatic nitrogens is 4. The van der Waals surface area contributed by atoms with Gasteiger partial charge in [0.2, 0.25) is 0 Å². The van der Waals surface area contributed by atoms with Crippen LogP contribution < -0.4 is 5.32 Å². The maximum Gasteiger partial charge on any atom is 0.123 e. The molecule has 0 aromatic carbocycles. The molecule has 2 saturated carbocycles. The third-order valence-corrected chi connectivity index (χ3v) is 5.67. The maximum atomic E-state index is 10.3. The smallest absolute Gasteiger partial charge is 0.123 e. The molecule has 2 fully saturated rings. The minimum atomic E-state index is -0.328. The van der Waals surface area contributed by atoms with Crippen molar-refractivity contribution >= 4 is 0 Å². The lowest BCUT2D eigenvalue weighted by atomic mass is 9.79. The third-order valence-electron chi connectivity index (χ3n) is 5.67. The number of aryl methyl sites for hydroxylation is 1. The molecule has 0 radical (unpaired) electrons.